The number of amides is 3. The summed E-state index contributed by atoms with van der Waals surface area (Å²) in [6, 6.07) is 15.8. The van der Waals surface area contributed by atoms with Crippen molar-refractivity contribution in [2.45, 2.75) is 142 Å². The van der Waals surface area contributed by atoms with Crippen LogP contribution >= 0.6 is 7.60 Å². The van der Waals surface area contributed by atoms with Crippen LogP contribution in [0.2, 0.25) is 0 Å². The van der Waals surface area contributed by atoms with Gasteiger partial charge in [0.15, 0.2) is 18.2 Å². The van der Waals surface area contributed by atoms with Crippen LogP contribution in [0.3, 0.4) is 0 Å². The quantitative estimate of drug-likeness (QED) is 0.116. The van der Waals surface area contributed by atoms with Gasteiger partial charge in [-0.2, -0.15) is 0 Å². The fourth-order valence-corrected chi connectivity index (χ4v) is 11.5. The summed E-state index contributed by atoms with van der Waals surface area (Å²) in [5, 5.41) is 6.03. The van der Waals surface area contributed by atoms with Gasteiger partial charge >= 0.3 is 13.7 Å². The Hall–Kier alpha value is -3.66. The Bertz CT molecular complexity index is 1950. The van der Waals surface area contributed by atoms with Gasteiger partial charge in [0.2, 0.25) is 17.6 Å². The molecule has 63 heavy (non-hydrogen) atoms. The Morgan fingerprint density at radius 1 is 0.937 bits per heavy atom. The summed E-state index contributed by atoms with van der Waals surface area (Å²) < 4.78 is 50.2. The molecule has 1 aliphatic carbocycles. The number of nitrogens with zero attached hydrogens (tertiary/aromatic N) is 1. The summed E-state index contributed by atoms with van der Waals surface area (Å²) in [4.78, 5) is 56.5. The first-order valence-corrected chi connectivity index (χ1v) is 24.4. The van der Waals surface area contributed by atoms with Gasteiger partial charge in [0.1, 0.15) is 18.7 Å². The Labute approximate surface area is 371 Å². The van der Waals surface area contributed by atoms with E-state index in [1.54, 1.807) is 19.9 Å². The number of rotatable bonds is 17. The van der Waals surface area contributed by atoms with Gasteiger partial charge in [-0.15, -0.1) is 0 Å². The lowest BCUT2D eigenvalue weighted by atomic mass is 9.58. The normalized spacial score (nSPS) is 32.5. The Kier molecular flexibility index (Phi) is 15.2. The third-order valence-corrected chi connectivity index (χ3v) is 15.1. The molecule has 346 valence electrons. The summed E-state index contributed by atoms with van der Waals surface area (Å²) >= 11 is 0. The maximum atomic E-state index is 14.5. The lowest BCUT2D eigenvalue weighted by molar-refractivity contribution is -0.578. The number of nitrogens with one attached hydrogen (secondary N) is 2. The van der Waals surface area contributed by atoms with Gasteiger partial charge in [-0.05, 0) is 81.4 Å². The maximum absolute atomic E-state index is 14.5. The number of fused-ring (bicyclic) bond motifs is 2. The number of carbonyl (C=O) groups is 3. The van der Waals surface area contributed by atoms with Crippen molar-refractivity contribution < 1.29 is 56.7 Å². The molecule has 0 radical (unpaired) electrons. The minimum absolute atomic E-state index is 0.00297. The molecule has 5 saturated heterocycles. The predicted molar refractivity (Wildman–Crippen MR) is 232 cm³/mol. The molecular weight excluding hydrogens is 829 g/mol. The molecule has 16 heteroatoms. The molecule has 2 bridgehead atoms. The maximum Gasteiger partial charge on any atom is 0.410 e. The summed E-state index contributed by atoms with van der Waals surface area (Å²) in [5.41, 5.74) is 0.744. The van der Waals surface area contributed by atoms with Gasteiger partial charge in [-0.25, -0.2) is 14.6 Å². The van der Waals surface area contributed by atoms with E-state index in [0.717, 1.165) is 30.4 Å². The monoisotopic (exact) mass is 895 g/mol. The number of hydrogen-bond acceptors (Lipinski definition) is 12. The molecule has 5 heterocycles. The zero-order valence-electron chi connectivity index (χ0n) is 37.6. The lowest BCUT2D eigenvalue weighted by Gasteiger charge is -2.60. The van der Waals surface area contributed by atoms with Crippen molar-refractivity contribution in [3.05, 3.63) is 83.7 Å². The molecule has 5 aliphatic heterocycles. The van der Waals surface area contributed by atoms with Crippen molar-refractivity contribution in [2.24, 2.45) is 29.6 Å². The molecule has 2 N–H and O–H groups in total. The first-order chi connectivity index (χ1) is 30.2. The van der Waals surface area contributed by atoms with E-state index in [2.05, 4.69) is 24.5 Å². The molecule has 1 unspecified atom stereocenters. The van der Waals surface area contributed by atoms with Crippen LogP contribution in [-0.4, -0.2) is 84.7 Å². The molecular formula is C47H66N3O12P. The van der Waals surface area contributed by atoms with E-state index in [4.69, 9.17) is 37.8 Å². The van der Waals surface area contributed by atoms with Gasteiger partial charge in [0.25, 0.3) is 0 Å². The first kappa shape index (κ1) is 47.3. The van der Waals surface area contributed by atoms with Crippen molar-refractivity contribution in [3.63, 3.8) is 0 Å². The van der Waals surface area contributed by atoms with E-state index in [-0.39, 0.29) is 56.5 Å². The van der Waals surface area contributed by atoms with E-state index >= 15 is 0 Å². The summed E-state index contributed by atoms with van der Waals surface area (Å²) in [6.07, 6.45) is 2.78. The SMILES string of the molecule is CCOP(=O)(/C=C/C(NC(=O)[C@H](CC(C)C)NC(=O)[C@@H]1C[C@@H](O[C@H]2O[C@@H]3O[C@@]4(C)CC[C@H]5[C@H](C)CC[C@@H]([C@H]2C)[C@@]35OO4)CN1C(=O)OCc1ccccc1)c1ccccc1)OCC. The van der Waals surface area contributed by atoms with Crippen LogP contribution in [0, 0.1) is 29.6 Å². The molecule has 6 aliphatic rings. The van der Waals surface area contributed by atoms with Crippen LogP contribution in [0.1, 0.15) is 104 Å². The van der Waals surface area contributed by atoms with Crippen molar-refractivity contribution >= 4 is 25.5 Å². The Balaban J connectivity index is 1.10. The second-order valence-corrected chi connectivity index (χ2v) is 20.2. The fraction of sp³-hybridized carbons (Fsp3) is 0.638. The minimum atomic E-state index is -3.60. The zero-order valence-corrected chi connectivity index (χ0v) is 38.5. The van der Waals surface area contributed by atoms with Crippen molar-refractivity contribution in [2.75, 3.05) is 19.8 Å². The third-order valence-electron chi connectivity index (χ3n) is 13.3. The number of benzene rings is 2. The fourth-order valence-electron chi connectivity index (χ4n) is 10.2. The molecule has 0 aromatic heterocycles. The van der Waals surface area contributed by atoms with Crippen LogP contribution in [0.5, 0.6) is 0 Å². The highest BCUT2D eigenvalue weighted by molar-refractivity contribution is 7.57. The van der Waals surface area contributed by atoms with E-state index in [0.29, 0.717) is 18.8 Å². The second kappa shape index (κ2) is 20.2. The van der Waals surface area contributed by atoms with E-state index in [9.17, 15) is 18.9 Å². The van der Waals surface area contributed by atoms with Crippen LogP contribution in [0.25, 0.3) is 0 Å². The Morgan fingerprint density at radius 2 is 1.63 bits per heavy atom. The molecule has 6 fully saturated rings. The van der Waals surface area contributed by atoms with Crippen molar-refractivity contribution in [3.8, 4) is 0 Å². The van der Waals surface area contributed by atoms with Crippen LogP contribution in [0.15, 0.2) is 72.6 Å². The number of carbonyl (C=O) groups excluding carboxylic acids is 3. The first-order valence-electron chi connectivity index (χ1n) is 22.7. The molecule has 2 aromatic rings. The Morgan fingerprint density at radius 3 is 2.32 bits per heavy atom. The van der Waals surface area contributed by atoms with E-state index < -0.39 is 73.7 Å². The average Bonchev–Trinajstić information content (AvgIpc) is 3.56. The van der Waals surface area contributed by atoms with Crippen molar-refractivity contribution in [1.29, 1.82) is 0 Å². The number of hydrogen-bond donors (Lipinski definition) is 2. The topological polar surface area (TPSA) is 169 Å². The molecule has 1 saturated carbocycles. The zero-order chi connectivity index (χ0) is 44.9. The van der Waals surface area contributed by atoms with Crippen LogP contribution in [0.4, 0.5) is 4.79 Å². The standard InChI is InChI=1S/C47H66N3O12P/c1-8-56-63(54,57-9-2)25-23-38(34-18-14-11-15-19-34)48-41(51)39(26-30(3)4)49-42(52)40-27-35(28-50(40)45(53)55-29-33-16-12-10-13-17-33)58-43-32(6)37-21-20-31(5)36-22-24-46(7)60-44(59-43)47(36,37)62-61-46/h10-19,23,25,30-32,35-40,43-44H,8-9,20-22,24,26-29H2,1-7H3,(H,48,51)(H,49,52)/b25-23+/t31-,32-,35-,36+,37+,38?,39+,40+,43+,44-,46-,47-/m1/s1. The smallest absolute Gasteiger partial charge is 0.410 e. The van der Waals surface area contributed by atoms with Gasteiger partial charge < -0.3 is 38.6 Å². The highest BCUT2D eigenvalue weighted by atomic mass is 31.2. The highest BCUT2D eigenvalue weighted by Crippen LogP contribution is 2.61. The van der Waals surface area contributed by atoms with Crippen LogP contribution in [-0.2, 0) is 58.5 Å². The van der Waals surface area contributed by atoms with E-state index in [1.807, 2.05) is 81.4 Å². The summed E-state index contributed by atoms with van der Waals surface area (Å²) in [5.74, 6) is -0.0902. The van der Waals surface area contributed by atoms with Gasteiger partial charge in [0, 0.05) is 30.5 Å². The summed E-state index contributed by atoms with van der Waals surface area (Å²) in [6.45, 7) is 14.0. The molecule has 3 amide bonds. The molecule has 2 aromatic carbocycles. The second-order valence-electron chi connectivity index (χ2n) is 18.3. The number of likely N-dealkylation sites (tertiary alicyclic amines) is 1. The average molecular weight is 896 g/mol. The number of ether oxygens (including phenoxy) is 4. The predicted octanol–water partition coefficient (Wildman–Crippen LogP) is 8.16. The molecule has 1 spiro atoms. The third kappa shape index (κ3) is 10.6. The largest absolute Gasteiger partial charge is 0.445 e. The van der Waals surface area contributed by atoms with Gasteiger partial charge in [0.05, 0.1) is 31.9 Å². The van der Waals surface area contributed by atoms with E-state index in [1.165, 1.54) is 10.7 Å². The highest BCUT2D eigenvalue weighted by Gasteiger charge is 2.69. The molecule has 15 nitrogen and oxygen atoms in total. The molecule has 12 atom stereocenters. The van der Waals surface area contributed by atoms with Crippen LogP contribution < -0.4 is 10.6 Å². The molecule has 8 rings (SSSR count). The van der Waals surface area contributed by atoms with Gasteiger partial charge in [-0.1, -0.05) is 88.4 Å². The minimum Gasteiger partial charge on any atom is -0.445 e. The lowest BCUT2D eigenvalue weighted by Crippen LogP contribution is -2.70. The summed E-state index contributed by atoms with van der Waals surface area (Å²) in [7, 11) is -3.60. The van der Waals surface area contributed by atoms with Gasteiger partial charge in [-0.3, -0.25) is 19.1 Å². The van der Waals surface area contributed by atoms with Crippen molar-refractivity contribution in [1.82, 2.24) is 15.5 Å².